The zero-order valence-electron chi connectivity index (χ0n) is 15.6. The lowest BCUT2D eigenvalue weighted by Crippen LogP contribution is -2.34. The molecule has 0 radical (unpaired) electrons. The minimum atomic E-state index is -0.840. The van der Waals surface area contributed by atoms with E-state index in [0.29, 0.717) is 28.1 Å². The van der Waals surface area contributed by atoms with Crippen LogP contribution in [0, 0.1) is 5.92 Å². The highest BCUT2D eigenvalue weighted by Crippen LogP contribution is 2.30. The van der Waals surface area contributed by atoms with Gasteiger partial charge in [0.05, 0.1) is 16.3 Å². The number of hydrazone groups is 1. The van der Waals surface area contributed by atoms with Crippen LogP contribution in [0.2, 0.25) is 10.0 Å². The van der Waals surface area contributed by atoms with Crippen LogP contribution in [-0.2, 0) is 9.59 Å². The molecule has 2 heterocycles. The summed E-state index contributed by atoms with van der Waals surface area (Å²) in [5.74, 6) is -0.831. The highest BCUT2D eigenvalue weighted by molar-refractivity contribution is 6.42. The van der Waals surface area contributed by atoms with E-state index in [9.17, 15) is 9.59 Å². The molecule has 0 saturated carbocycles. The van der Waals surface area contributed by atoms with Gasteiger partial charge in [0, 0.05) is 18.0 Å². The lowest BCUT2D eigenvalue weighted by molar-refractivity contribution is -0.133. The Labute approximate surface area is 182 Å². The summed E-state index contributed by atoms with van der Waals surface area (Å²) in [6.07, 6.45) is 1.38. The Morgan fingerprint density at radius 2 is 1.90 bits per heavy atom. The van der Waals surface area contributed by atoms with E-state index in [1.807, 2.05) is 30.3 Å². The standard InChI is InChI=1S/C22H17Cl2N3O3/c23-17-8-6-14(10-18(17)24)19-9-7-15(30-19)11-26-27-22(29)20-16(12-25-21(20)28)13-4-2-1-3-5-13/h1-11,16,20H,12H2,(H,25,28)(H,27,29)/b26-11+/t16-,20-/m1/s1. The van der Waals surface area contributed by atoms with Crippen LogP contribution in [0.3, 0.4) is 0 Å². The van der Waals surface area contributed by atoms with Gasteiger partial charge in [0.15, 0.2) is 0 Å². The van der Waals surface area contributed by atoms with Gasteiger partial charge in [-0.1, -0.05) is 53.5 Å². The summed E-state index contributed by atoms with van der Waals surface area (Å²) in [6.45, 7) is 0.413. The number of carbonyl (C=O) groups excluding carboxylic acids is 2. The van der Waals surface area contributed by atoms with Gasteiger partial charge in [-0.3, -0.25) is 9.59 Å². The number of hydrogen-bond acceptors (Lipinski definition) is 4. The van der Waals surface area contributed by atoms with Crippen LogP contribution in [0.15, 0.2) is 70.2 Å². The van der Waals surface area contributed by atoms with Gasteiger partial charge >= 0.3 is 0 Å². The highest BCUT2D eigenvalue weighted by atomic mass is 35.5. The van der Waals surface area contributed by atoms with E-state index in [0.717, 1.165) is 11.1 Å². The number of nitrogens with zero attached hydrogens (tertiary/aromatic N) is 1. The Bertz CT molecular complexity index is 1110. The van der Waals surface area contributed by atoms with Crippen LogP contribution in [0.5, 0.6) is 0 Å². The number of halogens is 2. The fourth-order valence-electron chi connectivity index (χ4n) is 3.39. The summed E-state index contributed by atoms with van der Waals surface area (Å²) in [5.41, 5.74) is 4.13. The molecule has 1 aliphatic rings. The van der Waals surface area contributed by atoms with Gasteiger partial charge in [-0.15, -0.1) is 0 Å². The summed E-state index contributed by atoms with van der Waals surface area (Å²) in [5, 5.41) is 7.57. The summed E-state index contributed by atoms with van der Waals surface area (Å²) in [6, 6.07) is 18.1. The first-order valence-corrected chi connectivity index (χ1v) is 9.99. The first kappa shape index (κ1) is 20.2. The Kier molecular flexibility index (Phi) is 5.88. The largest absolute Gasteiger partial charge is 0.455 e. The Hall–Kier alpha value is -3.09. The Morgan fingerprint density at radius 3 is 2.67 bits per heavy atom. The summed E-state index contributed by atoms with van der Waals surface area (Å²) in [7, 11) is 0. The van der Waals surface area contributed by atoms with Gasteiger partial charge in [0.25, 0.3) is 5.91 Å². The Morgan fingerprint density at radius 1 is 1.10 bits per heavy atom. The van der Waals surface area contributed by atoms with Crippen LogP contribution in [0.1, 0.15) is 17.2 Å². The Balaban J connectivity index is 1.43. The molecule has 1 aromatic heterocycles. The molecule has 2 aromatic carbocycles. The molecular weight excluding hydrogens is 425 g/mol. The van der Waals surface area contributed by atoms with Gasteiger partial charge in [-0.25, -0.2) is 5.43 Å². The molecule has 4 rings (SSSR count). The molecule has 2 amide bonds. The van der Waals surface area contributed by atoms with Crippen LogP contribution in [-0.4, -0.2) is 24.6 Å². The lowest BCUT2D eigenvalue weighted by Gasteiger charge is -2.15. The van der Waals surface area contributed by atoms with Gasteiger partial charge in [0.2, 0.25) is 5.91 Å². The molecule has 3 aromatic rings. The van der Waals surface area contributed by atoms with Gasteiger partial charge < -0.3 is 9.73 Å². The second-order valence-corrected chi connectivity index (χ2v) is 7.62. The summed E-state index contributed by atoms with van der Waals surface area (Å²) < 4.78 is 5.70. The maximum atomic E-state index is 12.6. The molecule has 2 N–H and O–H groups in total. The molecule has 0 bridgehead atoms. The van der Waals surface area contributed by atoms with Crippen LogP contribution >= 0.6 is 23.2 Å². The minimum absolute atomic E-state index is 0.237. The van der Waals surface area contributed by atoms with Crippen molar-refractivity contribution in [3.63, 3.8) is 0 Å². The molecule has 0 spiro atoms. The van der Waals surface area contributed by atoms with Crippen molar-refractivity contribution in [1.82, 2.24) is 10.7 Å². The second kappa shape index (κ2) is 8.73. The third-order valence-corrected chi connectivity index (χ3v) is 5.63. The molecule has 8 heteroatoms. The maximum absolute atomic E-state index is 12.6. The highest BCUT2D eigenvalue weighted by Gasteiger charge is 2.40. The van der Waals surface area contributed by atoms with Crippen molar-refractivity contribution in [2.24, 2.45) is 11.0 Å². The summed E-state index contributed by atoms with van der Waals surface area (Å²) in [4.78, 5) is 24.8. The molecular formula is C22H17Cl2N3O3. The fourth-order valence-corrected chi connectivity index (χ4v) is 3.69. The molecule has 0 unspecified atom stereocenters. The molecule has 1 fully saturated rings. The maximum Gasteiger partial charge on any atom is 0.253 e. The SMILES string of the molecule is O=C1NC[C@H](c2ccccc2)[C@H]1C(=O)N/N=C/c1ccc(-c2ccc(Cl)c(Cl)c2)o1. The zero-order chi connectivity index (χ0) is 21.1. The quantitative estimate of drug-likeness (QED) is 0.352. The van der Waals surface area contributed by atoms with Gasteiger partial charge in [0.1, 0.15) is 17.4 Å². The van der Waals surface area contributed by atoms with Crippen LogP contribution in [0.4, 0.5) is 0 Å². The van der Waals surface area contributed by atoms with Crippen molar-refractivity contribution < 1.29 is 14.0 Å². The monoisotopic (exact) mass is 441 g/mol. The van der Waals surface area contributed by atoms with Crippen molar-refractivity contribution in [3.05, 3.63) is 82.0 Å². The minimum Gasteiger partial charge on any atom is -0.455 e. The molecule has 1 aliphatic heterocycles. The predicted molar refractivity (Wildman–Crippen MR) is 116 cm³/mol. The molecule has 0 aliphatic carbocycles. The number of nitrogens with one attached hydrogen (secondary N) is 2. The topological polar surface area (TPSA) is 83.7 Å². The zero-order valence-corrected chi connectivity index (χ0v) is 17.2. The van der Waals surface area contributed by atoms with Crippen LogP contribution in [0.25, 0.3) is 11.3 Å². The van der Waals surface area contributed by atoms with Crippen molar-refractivity contribution in [2.75, 3.05) is 6.54 Å². The lowest BCUT2D eigenvalue weighted by atomic mass is 9.88. The normalized spacial score (nSPS) is 18.5. The van der Waals surface area contributed by atoms with Crippen molar-refractivity contribution in [3.8, 4) is 11.3 Å². The third kappa shape index (κ3) is 4.25. The van der Waals surface area contributed by atoms with Gasteiger partial charge in [-0.2, -0.15) is 5.10 Å². The summed E-state index contributed by atoms with van der Waals surface area (Å²) >= 11 is 12.0. The molecule has 30 heavy (non-hydrogen) atoms. The van der Waals surface area contributed by atoms with Crippen LogP contribution < -0.4 is 10.7 Å². The average Bonchev–Trinajstić information content (AvgIpc) is 3.37. The van der Waals surface area contributed by atoms with Gasteiger partial charge in [-0.05, 0) is 35.9 Å². The number of amides is 2. The number of furan rings is 1. The number of carbonyl (C=O) groups is 2. The van der Waals surface area contributed by atoms with E-state index in [1.54, 1.807) is 30.3 Å². The van der Waals surface area contributed by atoms with E-state index in [2.05, 4.69) is 15.8 Å². The van der Waals surface area contributed by atoms with E-state index in [1.165, 1.54) is 6.21 Å². The molecule has 2 atom stereocenters. The molecule has 1 saturated heterocycles. The van der Waals surface area contributed by atoms with Crippen molar-refractivity contribution in [2.45, 2.75) is 5.92 Å². The van der Waals surface area contributed by atoms with E-state index in [-0.39, 0.29) is 11.8 Å². The number of benzene rings is 2. The van der Waals surface area contributed by atoms with E-state index >= 15 is 0 Å². The molecule has 6 nitrogen and oxygen atoms in total. The fraction of sp³-hybridized carbons (Fsp3) is 0.136. The van der Waals surface area contributed by atoms with Crippen molar-refractivity contribution >= 4 is 41.2 Å². The third-order valence-electron chi connectivity index (χ3n) is 4.89. The predicted octanol–water partition coefficient (Wildman–Crippen LogP) is 4.23. The van der Waals surface area contributed by atoms with E-state index in [4.69, 9.17) is 27.6 Å². The smallest absolute Gasteiger partial charge is 0.253 e. The number of hydrogen-bond donors (Lipinski definition) is 2. The first-order valence-electron chi connectivity index (χ1n) is 9.24. The first-order chi connectivity index (χ1) is 14.5. The number of rotatable bonds is 5. The van der Waals surface area contributed by atoms with Crippen molar-refractivity contribution in [1.29, 1.82) is 0 Å². The van der Waals surface area contributed by atoms with E-state index < -0.39 is 11.8 Å². The molecule has 152 valence electrons. The second-order valence-electron chi connectivity index (χ2n) is 6.81. The average molecular weight is 442 g/mol.